The Morgan fingerprint density at radius 2 is 2.22 bits per heavy atom. The number of imidazole rings is 1. The zero-order chi connectivity index (χ0) is 16.2. The number of pyridine rings is 1. The van der Waals surface area contributed by atoms with Gasteiger partial charge in [0.15, 0.2) is 11.4 Å². The molecule has 0 aliphatic heterocycles. The molecular weight excluding hydrogens is 306 g/mol. The quantitative estimate of drug-likeness (QED) is 0.338. The molecule has 23 heavy (non-hydrogen) atoms. The molecule has 3 aromatic rings. The number of hydrogen-bond donors (Lipinski definition) is 1. The highest BCUT2D eigenvalue weighted by molar-refractivity contribution is 8.13. The number of fused-ring (bicyclic) bond motifs is 1. The van der Waals surface area contributed by atoms with Crippen LogP contribution in [0, 0.1) is 18.4 Å². The Morgan fingerprint density at radius 3 is 2.96 bits per heavy atom. The third-order valence-electron chi connectivity index (χ3n) is 3.45. The summed E-state index contributed by atoms with van der Waals surface area (Å²) in [6.07, 6.45) is 7.76. The van der Waals surface area contributed by atoms with Crippen LogP contribution in [0.25, 0.3) is 16.9 Å². The van der Waals surface area contributed by atoms with Crippen molar-refractivity contribution in [2.24, 2.45) is 4.99 Å². The lowest BCUT2D eigenvalue weighted by molar-refractivity contribution is 1.19. The minimum absolute atomic E-state index is 0.572. The van der Waals surface area contributed by atoms with E-state index in [0.717, 1.165) is 28.2 Å². The molecule has 0 spiro atoms. The van der Waals surface area contributed by atoms with Crippen molar-refractivity contribution in [1.82, 2.24) is 14.7 Å². The van der Waals surface area contributed by atoms with E-state index in [1.807, 2.05) is 72.6 Å². The van der Waals surface area contributed by atoms with Gasteiger partial charge in [-0.2, -0.15) is 5.26 Å². The number of benzene rings is 1. The lowest BCUT2D eigenvalue weighted by Gasteiger charge is -2.05. The second-order valence-corrected chi connectivity index (χ2v) is 5.75. The molecule has 0 unspecified atom stereocenters. The summed E-state index contributed by atoms with van der Waals surface area (Å²) in [6.45, 7) is 2.00. The second-order valence-electron chi connectivity index (χ2n) is 4.95. The molecule has 1 aromatic carbocycles. The standard InChI is InChI=1S/C17H15N5S/c1-12-6-7-13(9-14(12)21-17(23-2)19-11-18)15-10-22-8-4-3-5-16(22)20-15/h3-10H,1-2H3,(H,19,21). The smallest absolute Gasteiger partial charge is 0.183 e. The van der Waals surface area contributed by atoms with Crippen LogP contribution in [-0.2, 0) is 0 Å². The molecule has 0 fully saturated rings. The Hall–Kier alpha value is -2.78. The number of aryl methyl sites for hydroxylation is 1. The van der Waals surface area contributed by atoms with E-state index in [-0.39, 0.29) is 0 Å². The minimum Gasteiger partial charge on any atom is -0.306 e. The van der Waals surface area contributed by atoms with Gasteiger partial charge in [-0.25, -0.2) is 9.98 Å². The fourth-order valence-electron chi connectivity index (χ4n) is 2.24. The van der Waals surface area contributed by atoms with Crippen LogP contribution in [0.4, 0.5) is 5.69 Å². The van der Waals surface area contributed by atoms with Gasteiger partial charge in [0.05, 0.1) is 11.4 Å². The minimum atomic E-state index is 0.572. The summed E-state index contributed by atoms with van der Waals surface area (Å²) >= 11 is 1.40. The molecule has 114 valence electrons. The summed E-state index contributed by atoms with van der Waals surface area (Å²) in [4.78, 5) is 9.15. The van der Waals surface area contributed by atoms with Crippen molar-refractivity contribution in [3.63, 3.8) is 0 Å². The summed E-state index contributed by atoms with van der Waals surface area (Å²) in [6, 6.07) is 12.0. The van der Waals surface area contributed by atoms with E-state index in [2.05, 4.69) is 15.3 Å². The summed E-state index contributed by atoms with van der Waals surface area (Å²) < 4.78 is 1.99. The summed E-state index contributed by atoms with van der Waals surface area (Å²) in [5, 5.41) is 11.9. The van der Waals surface area contributed by atoms with Crippen molar-refractivity contribution in [2.75, 3.05) is 6.26 Å². The molecular formula is C17H15N5S. The number of hydrogen-bond acceptors (Lipinski definition) is 4. The Morgan fingerprint density at radius 1 is 1.35 bits per heavy atom. The Balaban J connectivity index is 2.04. The van der Waals surface area contributed by atoms with Gasteiger partial charge in [0.25, 0.3) is 0 Å². The van der Waals surface area contributed by atoms with Crippen LogP contribution in [0.3, 0.4) is 0 Å². The SMILES string of the molecule is CSC(=Nc1cc(-c2cn3ccccc3n2)ccc1C)NC#N. The number of aliphatic imine (C=N–C) groups is 1. The zero-order valence-corrected chi connectivity index (χ0v) is 13.6. The predicted molar refractivity (Wildman–Crippen MR) is 94.7 cm³/mol. The van der Waals surface area contributed by atoms with Gasteiger partial charge in [-0.1, -0.05) is 30.0 Å². The molecule has 0 aliphatic rings. The van der Waals surface area contributed by atoms with E-state index < -0.39 is 0 Å². The van der Waals surface area contributed by atoms with Gasteiger partial charge in [-0.15, -0.1) is 0 Å². The van der Waals surface area contributed by atoms with Gasteiger partial charge in [0.1, 0.15) is 5.65 Å². The summed E-state index contributed by atoms with van der Waals surface area (Å²) in [5.74, 6) is 0. The Kier molecular flexibility index (Phi) is 4.31. The van der Waals surface area contributed by atoms with Crippen molar-refractivity contribution in [3.05, 3.63) is 54.4 Å². The van der Waals surface area contributed by atoms with E-state index in [4.69, 9.17) is 5.26 Å². The Bertz CT molecular complexity index is 887. The largest absolute Gasteiger partial charge is 0.306 e. The lowest BCUT2D eigenvalue weighted by Crippen LogP contribution is -2.12. The molecule has 0 atom stereocenters. The van der Waals surface area contributed by atoms with Crippen molar-refractivity contribution < 1.29 is 0 Å². The van der Waals surface area contributed by atoms with Crippen molar-refractivity contribution in [2.45, 2.75) is 6.92 Å². The number of aromatic nitrogens is 2. The van der Waals surface area contributed by atoms with Crippen LogP contribution in [0.15, 0.2) is 53.8 Å². The maximum Gasteiger partial charge on any atom is 0.183 e. The first-order valence-electron chi connectivity index (χ1n) is 7.04. The van der Waals surface area contributed by atoms with Crippen molar-refractivity contribution in [3.8, 4) is 17.5 Å². The normalized spacial score (nSPS) is 11.4. The van der Waals surface area contributed by atoms with Gasteiger partial charge in [-0.3, -0.25) is 5.32 Å². The number of amidine groups is 1. The van der Waals surface area contributed by atoms with E-state index in [1.165, 1.54) is 11.8 Å². The van der Waals surface area contributed by atoms with E-state index in [0.29, 0.717) is 5.17 Å². The number of nitrogens with zero attached hydrogens (tertiary/aromatic N) is 4. The second kappa shape index (κ2) is 6.55. The van der Waals surface area contributed by atoms with Crippen LogP contribution >= 0.6 is 11.8 Å². The average molecular weight is 321 g/mol. The molecule has 0 aliphatic carbocycles. The third kappa shape index (κ3) is 3.20. The maximum absolute atomic E-state index is 8.76. The topological polar surface area (TPSA) is 65.5 Å². The number of nitriles is 1. The highest BCUT2D eigenvalue weighted by Crippen LogP contribution is 2.27. The molecule has 5 nitrogen and oxygen atoms in total. The van der Waals surface area contributed by atoms with Gasteiger partial charge >= 0.3 is 0 Å². The molecule has 0 radical (unpaired) electrons. The summed E-state index contributed by atoms with van der Waals surface area (Å²) in [5.41, 5.74) is 4.67. The Labute approximate surface area is 138 Å². The zero-order valence-electron chi connectivity index (χ0n) is 12.8. The highest BCUT2D eigenvalue weighted by Gasteiger charge is 2.07. The fourth-order valence-corrected chi connectivity index (χ4v) is 2.58. The molecule has 6 heteroatoms. The molecule has 2 aromatic heterocycles. The highest BCUT2D eigenvalue weighted by atomic mass is 32.2. The van der Waals surface area contributed by atoms with Crippen LogP contribution in [0.2, 0.25) is 0 Å². The molecule has 3 rings (SSSR count). The van der Waals surface area contributed by atoms with Crippen LogP contribution in [0.1, 0.15) is 5.56 Å². The van der Waals surface area contributed by atoms with Crippen LogP contribution in [0.5, 0.6) is 0 Å². The predicted octanol–water partition coefficient (Wildman–Crippen LogP) is 3.73. The molecule has 2 heterocycles. The molecule has 0 saturated heterocycles. The molecule has 0 amide bonds. The van der Waals surface area contributed by atoms with Gasteiger partial charge in [0.2, 0.25) is 0 Å². The first kappa shape index (κ1) is 15.1. The monoisotopic (exact) mass is 321 g/mol. The maximum atomic E-state index is 8.76. The number of nitrogens with one attached hydrogen (secondary N) is 1. The van der Waals surface area contributed by atoms with E-state index in [9.17, 15) is 0 Å². The average Bonchev–Trinajstić information content (AvgIpc) is 3.00. The fraction of sp³-hybridized carbons (Fsp3) is 0.118. The lowest BCUT2D eigenvalue weighted by atomic mass is 10.1. The van der Waals surface area contributed by atoms with Crippen molar-refractivity contribution >= 4 is 28.3 Å². The third-order valence-corrected chi connectivity index (χ3v) is 4.03. The van der Waals surface area contributed by atoms with E-state index in [1.54, 1.807) is 0 Å². The van der Waals surface area contributed by atoms with Gasteiger partial charge in [-0.05, 0) is 36.9 Å². The van der Waals surface area contributed by atoms with Gasteiger partial charge < -0.3 is 4.40 Å². The van der Waals surface area contributed by atoms with E-state index >= 15 is 0 Å². The molecule has 1 N–H and O–H groups in total. The summed E-state index contributed by atoms with van der Waals surface area (Å²) in [7, 11) is 0. The molecule has 0 saturated carbocycles. The number of rotatable bonds is 2. The van der Waals surface area contributed by atoms with Gasteiger partial charge in [0, 0.05) is 18.0 Å². The number of thioether (sulfide) groups is 1. The van der Waals surface area contributed by atoms with Crippen LogP contribution < -0.4 is 5.32 Å². The van der Waals surface area contributed by atoms with Crippen molar-refractivity contribution in [1.29, 1.82) is 5.26 Å². The first-order chi connectivity index (χ1) is 11.2. The first-order valence-corrected chi connectivity index (χ1v) is 8.26. The molecule has 0 bridgehead atoms. The van der Waals surface area contributed by atoms with Crippen LogP contribution in [-0.4, -0.2) is 20.8 Å².